The van der Waals surface area contributed by atoms with E-state index in [0.29, 0.717) is 0 Å². The molecule has 1 heterocycles. The van der Waals surface area contributed by atoms with Crippen molar-refractivity contribution < 1.29 is 0 Å². The Labute approximate surface area is 72.8 Å². The number of rotatable bonds is 2. The van der Waals surface area contributed by atoms with Crippen LogP contribution in [-0.4, -0.2) is 9.36 Å². The minimum absolute atomic E-state index is 0.861. The number of nitrogens with zero attached hydrogens (tertiary/aromatic N) is 2. The van der Waals surface area contributed by atoms with E-state index in [1.54, 1.807) is 5.51 Å². The number of hydrogen-bond acceptors (Lipinski definition) is 3. The van der Waals surface area contributed by atoms with Gasteiger partial charge in [-0.15, -0.1) is 0 Å². The zero-order valence-corrected chi connectivity index (χ0v) is 8.32. The van der Waals surface area contributed by atoms with Crippen LogP contribution in [0.4, 0.5) is 0 Å². The van der Waals surface area contributed by atoms with Gasteiger partial charge < -0.3 is 0 Å². The molecule has 0 spiro atoms. The molecule has 3 heteroatoms. The molecule has 1 rings (SSSR count). The van der Waals surface area contributed by atoms with E-state index >= 15 is 0 Å². The molecule has 0 saturated carbocycles. The first-order valence-electron chi connectivity index (χ1n) is 4.04. The minimum atomic E-state index is 0.861. The van der Waals surface area contributed by atoms with E-state index in [2.05, 4.69) is 23.2 Å². The number of aromatic nitrogens is 2. The highest BCUT2D eigenvalue weighted by molar-refractivity contribution is 7.03. The Morgan fingerprint density at radius 2 is 2.00 bits per heavy atom. The van der Waals surface area contributed by atoms with E-state index in [9.17, 15) is 0 Å². The van der Waals surface area contributed by atoms with E-state index < -0.39 is 0 Å². The molecule has 64 valence electrons. The van der Waals surface area contributed by atoms with Gasteiger partial charge in [-0.1, -0.05) is 33.1 Å². The van der Waals surface area contributed by atoms with Crippen LogP contribution in [0.1, 0.15) is 38.9 Å². The third kappa shape index (κ3) is 7.46. The van der Waals surface area contributed by atoms with Crippen molar-refractivity contribution in [2.45, 2.75) is 40.0 Å². The summed E-state index contributed by atoms with van der Waals surface area (Å²) in [6.07, 6.45) is 4.08. The summed E-state index contributed by atoms with van der Waals surface area (Å²) in [5.74, 6) is 0.861. The molecule has 0 saturated heterocycles. The predicted molar refractivity (Wildman–Crippen MR) is 49.8 cm³/mol. The zero-order chi connectivity index (χ0) is 8.53. The zero-order valence-electron chi connectivity index (χ0n) is 7.50. The van der Waals surface area contributed by atoms with Crippen molar-refractivity contribution in [3.63, 3.8) is 0 Å². The molecule has 0 fully saturated rings. The Morgan fingerprint density at radius 3 is 2.09 bits per heavy atom. The highest BCUT2D eigenvalue weighted by atomic mass is 32.1. The molecule has 1 aromatic heterocycles. The quantitative estimate of drug-likeness (QED) is 0.685. The van der Waals surface area contributed by atoms with Crippen LogP contribution in [-0.2, 0) is 0 Å². The Bertz CT molecular complexity index is 147. The van der Waals surface area contributed by atoms with Gasteiger partial charge >= 0.3 is 0 Å². The van der Waals surface area contributed by atoms with Gasteiger partial charge in [0.2, 0.25) is 0 Å². The molecule has 0 amide bonds. The largest absolute Gasteiger partial charge is 0.228 e. The predicted octanol–water partition coefficient (Wildman–Crippen LogP) is 3.04. The average Bonchev–Trinajstić information content (AvgIpc) is 2.43. The lowest BCUT2D eigenvalue weighted by molar-refractivity contribution is 0.772. The van der Waals surface area contributed by atoms with Crippen LogP contribution >= 0.6 is 11.5 Å². The summed E-state index contributed by atoms with van der Waals surface area (Å²) in [5.41, 5.74) is 1.72. The number of unbranched alkanes of at least 4 members (excludes halogenated alkanes) is 2. The topological polar surface area (TPSA) is 25.8 Å². The normalized spacial score (nSPS) is 8.64. The SMILES string of the molecule is CCCCC.Cc1ncsn1. The molecule has 0 atom stereocenters. The van der Waals surface area contributed by atoms with E-state index in [0.717, 1.165) is 5.82 Å². The third-order valence-corrected chi connectivity index (χ3v) is 1.75. The van der Waals surface area contributed by atoms with Crippen molar-refractivity contribution in [1.82, 2.24) is 9.36 Å². The van der Waals surface area contributed by atoms with Crippen molar-refractivity contribution in [3.8, 4) is 0 Å². The summed E-state index contributed by atoms with van der Waals surface area (Å²) in [6, 6.07) is 0. The molecule has 0 bridgehead atoms. The van der Waals surface area contributed by atoms with E-state index in [1.165, 1.54) is 30.8 Å². The third-order valence-electron chi connectivity index (χ3n) is 1.18. The van der Waals surface area contributed by atoms with E-state index in [-0.39, 0.29) is 0 Å². The summed E-state index contributed by atoms with van der Waals surface area (Å²) in [4.78, 5) is 3.82. The van der Waals surface area contributed by atoms with Gasteiger partial charge in [-0.3, -0.25) is 0 Å². The second-order valence-corrected chi connectivity index (χ2v) is 2.94. The Hall–Kier alpha value is -0.440. The smallest absolute Gasteiger partial charge is 0.139 e. The van der Waals surface area contributed by atoms with E-state index in [4.69, 9.17) is 0 Å². The molecule has 0 radical (unpaired) electrons. The molecule has 0 N–H and O–H groups in total. The molecule has 0 aliphatic carbocycles. The minimum Gasteiger partial charge on any atom is -0.228 e. The van der Waals surface area contributed by atoms with Crippen LogP contribution in [0.2, 0.25) is 0 Å². The summed E-state index contributed by atoms with van der Waals surface area (Å²) in [5, 5.41) is 0. The van der Waals surface area contributed by atoms with Crippen molar-refractivity contribution >= 4 is 11.5 Å². The highest BCUT2D eigenvalue weighted by Crippen LogP contribution is 1.88. The van der Waals surface area contributed by atoms with E-state index in [1.807, 2.05) is 6.92 Å². The van der Waals surface area contributed by atoms with Crippen LogP contribution in [0.15, 0.2) is 5.51 Å². The summed E-state index contributed by atoms with van der Waals surface area (Å²) in [7, 11) is 0. The summed E-state index contributed by atoms with van der Waals surface area (Å²) in [6.45, 7) is 6.30. The molecule has 2 nitrogen and oxygen atoms in total. The average molecular weight is 172 g/mol. The first-order valence-corrected chi connectivity index (χ1v) is 4.87. The molecule has 0 aliphatic rings. The number of aryl methyl sites for hydroxylation is 1. The first kappa shape index (κ1) is 10.6. The summed E-state index contributed by atoms with van der Waals surface area (Å²) >= 11 is 1.38. The van der Waals surface area contributed by atoms with Crippen LogP contribution in [0, 0.1) is 6.92 Å². The van der Waals surface area contributed by atoms with Gasteiger partial charge in [-0.05, 0) is 18.5 Å². The van der Waals surface area contributed by atoms with Crippen molar-refractivity contribution in [2.24, 2.45) is 0 Å². The van der Waals surface area contributed by atoms with Crippen molar-refractivity contribution in [2.75, 3.05) is 0 Å². The van der Waals surface area contributed by atoms with Gasteiger partial charge in [-0.25, -0.2) is 4.98 Å². The standard InChI is InChI=1S/C5H12.C3H4N2S/c1-3-5-4-2;1-3-4-2-6-5-3/h3-5H2,1-2H3;2H,1H3. The first-order chi connectivity index (χ1) is 5.31. The van der Waals surface area contributed by atoms with Gasteiger partial charge in [0.15, 0.2) is 0 Å². The maximum atomic E-state index is 3.85. The summed E-state index contributed by atoms with van der Waals surface area (Å²) < 4.78 is 3.85. The maximum Gasteiger partial charge on any atom is 0.139 e. The fourth-order valence-corrected chi connectivity index (χ4v) is 1.02. The lowest BCUT2D eigenvalue weighted by Gasteiger charge is -1.79. The van der Waals surface area contributed by atoms with Crippen LogP contribution in [0.25, 0.3) is 0 Å². The maximum absolute atomic E-state index is 3.85. The molecule has 1 aromatic rings. The Balaban J connectivity index is 0.000000187. The fourth-order valence-electron chi connectivity index (χ4n) is 0.577. The monoisotopic (exact) mass is 172 g/mol. The molecular formula is C8H16N2S. The van der Waals surface area contributed by atoms with Crippen LogP contribution in [0.5, 0.6) is 0 Å². The van der Waals surface area contributed by atoms with Crippen molar-refractivity contribution in [1.29, 1.82) is 0 Å². The molecule has 0 aliphatic heterocycles. The lowest BCUT2D eigenvalue weighted by Crippen LogP contribution is -1.66. The highest BCUT2D eigenvalue weighted by Gasteiger charge is 1.77. The number of hydrogen-bond donors (Lipinski definition) is 0. The van der Waals surface area contributed by atoms with Crippen molar-refractivity contribution in [3.05, 3.63) is 11.3 Å². The molecule has 0 aromatic carbocycles. The van der Waals surface area contributed by atoms with Gasteiger partial charge in [0.25, 0.3) is 0 Å². The fraction of sp³-hybridized carbons (Fsp3) is 0.750. The van der Waals surface area contributed by atoms with Gasteiger partial charge in [0, 0.05) is 0 Å². The lowest BCUT2D eigenvalue weighted by atomic mass is 10.3. The van der Waals surface area contributed by atoms with Crippen LogP contribution < -0.4 is 0 Å². The van der Waals surface area contributed by atoms with Gasteiger partial charge in [0.05, 0.1) is 0 Å². The molecular weight excluding hydrogens is 156 g/mol. The van der Waals surface area contributed by atoms with Gasteiger partial charge in [0.1, 0.15) is 11.3 Å². The second-order valence-electron chi connectivity index (χ2n) is 2.33. The second kappa shape index (κ2) is 7.66. The van der Waals surface area contributed by atoms with Gasteiger partial charge in [-0.2, -0.15) is 4.37 Å². The molecule has 0 unspecified atom stereocenters. The Kier molecular flexibility index (Phi) is 7.36. The van der Waals surface area contributed by atoms with Crippen LogP contribution in [0.3, 0.4) is 0 Å². The Morgan fingerprint density at radius 1 is 1.36 bits per heavy atom. The molecule has 11 heavy (non-hydrogen) atoms.